The van der Waals surface area contributed by atoms with Crippen molar-refractivity contribution in [3.8, 4) is 5.75 Å². The third-order valence-corrected chi connectivity index (χ3v) is 4.22. The molecule has 0 fully saturated rings. The third-order valence-electron chi connectivity index (χ3n) is 4.22. The van der Waals surface area contributed by atoms with Crippen molar-refractivity contribution in [2.24, 2.45) is 0 Å². The minimum absolute atomic E-state index is 0.0695. The number of quaternary nitrogens is 1. The molecule has 0 spiro atoms. The van der Waals surface area contributed by atoms with Crippen molar-refractivity contribution < 1.29 is 18.8 Å². The van der Waals surface area contributed by atoms with Gasteiger partial charge in [-0.25, -0.2) is 4.39 Å². The summed E-state index contributed by atoms with van der Waals surface area (Å²) < 4.78 is 18.7. The van der Waals surface area contributed by atoms with Crippen molar-refractivity contribution >= 4 is 11.6 Å². The molecule has 2 aromatic rings. The van der Waals surface area contributed by atoms with E-state index in [1.165, 1.54) is 18.7 Å². The Morgan fingerprint density at radius 2 is 1.81 bits per heavy atom. The number of methoxy groups -OCH3 is 1. The summed E-state index contributed by atoms with van der Waals surface area (Å²) in [5.41, 5.74) is 2.91. The van der Waals surface area contributed by atoms with Crippen LogP contribution in [0, 0.1) is 5.82 Å². The van der Waals surface area contributed by atoms with Crippen LogP contribution in [0.15, 0.2) is 42.5 Å². The number of carbonyl (C=O) groups is 1. The van der Waals surface area contributed by atoms with Gasteiger partial charge in [0, 0.05) is 11.3 Å². The molecule has 0 aliphatic heterocycles. The van der Waals surface area contributed by atoms with Gasteiger partial charge in [-0.3, -0.25) is 4.79 Å². The molecule has 0 saturated heterocycles. The fraction of sp³-hybridized carbons (Fsp3) is 0.381. The van der Waals surface area contributed by atoms with Crippen LogP contribution in [0.5, 0.6) is 5.75 Å². The van der Waals surface area contributed by atoms with Crippen LogP contribution >= 0.6 is 0 Å². The highest BCUT2D eigenvalue weighted by atomic mass is 19.1. The van der Waals surface area contributed by atoms with Crippen LogP contribution in [0.1, 0.15) is 31.9 Å². The van der Waals surface area contributed by atoms with Crippen molar-refractivity contribution in [1.82, 2.24) is 0 Å². The fourth-order valence-corrected chi connectivity index (χ4v) is 2.76. The van der Waals surface area contributed by atoms with E-state index >= 15 is 0 Å². The zero-order valence-corrected chi connectivity index (χ0v) is 16.2. The van der Waals surface area contributed by atoms with Gasteiger partial charge >= 0.3 is 0 Å². The molecule has 0 aliphatic rings. The highest BCUT2D eigenvalue weighted by Gasteiger charge is 2.15. The summed E-state index contributed by atoms with van der Waals surface area (Å²) in [6.45, 7) is 7.31. The van der Waals surface area contributed by atoms with Crippen LogP contribution in [0.4, 0.5) is 10.1 Å². The molecule has 4 nitrogen and oxygen atoms in total. The molecule has 0 aromatic heterocycles. The predicted octanol–water partition coefficient (Wildman–Crippen LogP) is 2.79. The van der Waals surface area contributed by atoms with Crippen molar-refractivity contribution in [3.63, 3.8) is 0 Å². The van der Waals surface area contributed by atoms with Crippen LogP contribution in [-0.2, 0) is 16.8 Å². The standard InChI is InChI=1S/C21H27FN2O2/c1-21(2,3)16-7-9-17(10-8-16)23-20(25)14-24(4)13-15-6-11-19(26-5)18(22)12-15/h6-12H,13-14H2,1-5H3,(H,23,25)/p+1. The second kappa shape index (κ2) is 8.32. The largest absolute Gasteiger partial charge is 0.494 e. The molecule has 1 unspecified atom stereocenters. The third kappa shape index (κ3) is 5.56. The summed E-state index contributed by atoms with van der Waals surface area (Å²) in [6, 6.07) is 12.8. The number of nitrogens with one attached hydrogen (secondary N) is 2. The molecule has 0 bridgehead atoms. The lowest BCUT2D eigenvalue weighted by atomic mass is 9.87. The molecule has 2 aromatic carbocycles. The molecule has 2 rings (SSSR count). The first-order valence-electron chi connectivity index (χ1n) is 8.73. The number of carbonyl (C=O) groups excluding carboxylic acids is 1. The molecule has 1 atom stereocenters. The van der Waals surface area contributed by atoms with Gasteiger partial charge in [-0.15, -0.1) is 0 Å². The fourth-order valence-electron chi connectivity index (χ4n) is 2.76. The lowest BCUT2D eigenvalue weighted by Gasteiger charge is -2.19. The monoisotopic (exact) mass is 359 g/mol. The van der Waals surface area contributed by atoms with Gasteiger partial charge in [-0.05, 0) is 41.3 Å². The predicted molar refractivity (Wildman–Crippen MR) is 102 cm³/mol. The van der Waals surface area contributed by atoms with Crippen LogP contribution in [0.2, 0.25) is 0 Å². The lowest BCUT2D eigenvalue weighted by Crippen LogP contribution is -3.08. The van der Waals surface area contributed by atoms with Gasteiger partial charge in [0.25, 0.3) is 5.91 Å². The Hall–Kier alpha value is -2.40. The molecule has 1 amide bonds. The summed E-state index contributed by atoms with van der Waals surface area (Å²) in [6.07, 6.45) is 0. The van der Waals surface area contributed by atoms with Crippen molar-refractivity contribution in [2.75, 3.05) is 26.0 Å². The second-order valence-electron chi connectivity index (χ2n) is 7.66. The zero-order valence-electron chi connectivity index (χ0n) is 16.2. The lowest BCUT2D eigenvalue weighted by molar-refractivity contribution is -0.885. The maximum Gasteiger partial charge on any atom is 0.279 e. The highest BCUT2D eigenvalue weighted by Crippen LogP contribution is 2.23. The number of ether oxygens (including phenoxy) is 1. The van der Waals surface area contributed by atoms with E-state index in [9.17, 15) is 9.18 Å². The summed E-state index contributed by atoms with van der Waals surface area (Å²) in [7, 11) is 3.35. The molecular weight excluding hydrogens is 331 g/mol. The molecule has 26 heavy (non-hydrogen) atoms. The van der Waals surface area contributed by atoms with Crippen LogP contribution < -0.4 is 15.0 Å². The van der Waals surface area contributed by atoms with Gasteiger partial charge in [0.15, 0.2) is 18.1 Å². The SMILES string of the molecule is COc1ccc(C[NH+](C)CC(=O)Nc2ccc(C(C)(C)C)cc2)cc1F. The van der Waals surface area contributed by atoms with E-state index in [0.717, 1.165) is 16.2 Å². The van der Waals surface area contributed by atoms with E-state index in [-0.39, 0.29) is 22.9 Å². The van der Waals surface area contributed by atoms with Gasteiger partial charge in [-0.2, -0.15) is 0 Å². The summed E-state index contributed by atoms with van der Waals surface area (Å²) in [4.78, 5) is 13.2. The van der Waals surface area contributed by atoms with Gasteiger partial charge in [0.05, 0.1) is 14.2 Å². The first kappa shape index (κ1) is 19.9. The molecule has 0 heterocycles. The van der Waals surface area contributed by atoms with Crippen LogP contribution in [-0.4, -0.2) is 26.6 Å². The minimum atomic E-state index is -0.388. The molecule has 2 N–H and O–H groups in total. The number of anilines is 1. The Labute approximate surface area is 155 Å². The van der Waals surface area contributed by atoms with Crippen molar-refractivity contribution in [3.05, 3.63) is 59.4 Å². The maximum atomic E-state index is 13.8. The van der Waals surface area contributed by atoms with E-state index in [4.69, 9.17) is 4.74 Å². The van der Waals surface area contributed by atoms with Gasteiger partial charge in [-0.1, -0.05) is 32.9 Å². The van der Waals surface area contributed by atoms with Crippen molar-refractivity contribution in [2.45, 2.75) is 32.7 Å². The Balaban J connectivity index is 1.90. The van der Waals surface area contributed by atoms with Gasteiger partial charge < -0.3 is 15.0 Å². The summed E-state index contributed by atoms with van der Waals surface area (Å²) in [5.74, 6) is -0.232. The van der Waals surface area contributed by atoms with E-state index in [1.54, 1.807) is 6.07 Å². The quantitative estimate of drug-likeness (QED) is 0.833. The Kier molecular flexibility index (Phi) is 6.37. The molecule has 5 heteroatoms. The number of hydrogen-bond donors (Lipinski definition) is 2. The van der Waals surface area contributed by atoms with E-state index in [0.29, 0.717) is 13.1 Å². The Morgan fingerprint density at radius 3 is 2.35 bits per heavy atom. The second-order valence-corrected chi connectivity index (χ2v) is 7.66. The average molecular weight is 359 g/mol. The first-order chi connectivity index (χ1) is 12.2. The average Bonchev–Trinajstić information content (AvgIpc) is 2.54. The maximum absolute atomic E-state index is 13.8. The summed E-state index contributed by atoms with van der Waals surface area (Å²) in [5, 5.41) is 2.91. The minimum Gasteiger partial charge on any atom is -0.494 e. The van der Waals surface area contributed by atoms with E-state index in [1.807, 2.05) is 37.4 Å². The first-order valence-corrected chi connectivity index (χ1v) is 8.73. The highest BCUT2D eigenvalue weighted by molar-refractivity contribution is 5.91. The van der Waals surface area contributed by atoms with Crippen LogP contribution in [0.25, 0.3) is 0 Å². The number of hydrogen-bond acceptors (Lipinski definition) is 2. The molecule has 0 aliphatic carbocycles. The normalized spacial score (nSPS) is 12.5. The van der Waals surface area contributed by atoms with E-state index < -0.39 is 0 Å². The Bertz CT molecular complexity index is 752. The van der Waals surface area contributed by atoms with E-state index in [2.05, 4.69) is 26.1 Å². The number of amides is 1. The molecule has 0 radical (unpaired) electrons. The van der Waals surface area contributed by atoms with Crippen LogP contribution in [0.3, 0.4) is 0 Å². The smallest absolute Gasteiger partial charge is 0.279 e. The summed E-state index contributed by atoms with van der Waals surface area (Å²) >= 11 is 0. The van der Waals surface area contributed by atoms with Gasteiger partial charge in [0.2, 0.25) is 0 Å². The number of halogens is 1. The van der Waals surface area contributed by atoms with Gasteiger partial charge in [0.1, 0.15) is 6.54 Å². The Morgan fingerprint density at radius 1 is 1.15 bits per heavy atom. The zero-order chi connectivity index (χ0) is 19.3. The number of likely N-dealkylation sites (N-methyl/N-ethyl adjacent to an activating group) is 1. The van der Waals surface area contributed by atoms with Crippen molar-refractivity contribution in [1.29, 1.82) is 0 Å². The molecule has 140 valence electrons. The number of benzene rings is 2. The molecular formula is C21H28FN2O2+. The topological polar surface area (TPSA) is 42.8 Å². The number of rotatable bonds is 6. The molecule has 0 saturated carbocycles.